The molecule has 12 heteroatoms. The van der Waals surface area contributed by atoms with Crippen LogP contribution < -0.4 is 27.4 Å². The Balaban J connectivity index is 2.97. The predicted molar refractivity (Wildman–Crippen MR) is 124 cm³/mol. The summed E-state index contributed by atoms with van der Waals surface area (Å²) in [4.78, 5) is 60.1. The summed E-state index contributed by atoms with van der Waals surface area (Å²) >= 11 is 1.44. The number of nitrogens with one attached hydrogen (secondary N) is 3. The van der Waals surface area contributed by atoms with Crippen LogP contribution in [-0.2, 0) is 30.4 Å². The van der Waals surface area contributed by atoms with Gasteiger partial charge in [0, 0.05) is 12.8 Å². The van der Waals surface area contributed by atoms with Gasteiger partial charge in [0.1, 0.15) is 18.1 Å². The SMILES string of the molecule is CSCCC(NC(=O)C(Cc1ccccc1)NC(=O)CN)C(=O)NC(CCC(N)=O)C(=O)O. The Kier molecular flexibility index (Phi) is 12.6. The Morgan fingerprint density at radius 3 is 2.09 bits per heavy atom. The molecule has 0 aliphatic carbocycles. The summed E-state index contributed by atoms with van der Waals surface area (Å²) in [6, 6.07) is 5.62. The number of rotatable bonds is 15. The number of benzene rings is 1. The van der Waals surface area contributed by atoms with E-state index in [4.69, 9.17) is 11.5 Å². The lowest BCUT2D eigenvalue weighted by Crippen LogP contribution is -2.56. The van der Waals surface area contributed by atoms with Crippen LogP contribution in [0.15, 0.2) is 30.3 Å². The fourth-order valence-electron chi connectivity index (χ4n) is 2.91. The molecule has 0 aromatic heterocycles. The minimum atomic E-state index is -1.34. The maximum absolute atomic E-state index is 13.0. The molecule has 0 heterocycles. The first-order valence-corrected chi connectivity index (χ1v) is 11.7. The van der Waals surface area contributed by atoms with Crippen molar-refractivity contribution in [2.75, 3.05) is 18.6 Å². The van der Waals surface area contributed by atoms with Gasteiger partial charge in [0.25, 0.3) is 0 Å². The number of carboxylic acids is 1. The molecular weight excluding hydrogens is 450 g/mol. The minimum Gasteiger partial charge on any atom is -0.480 e. The summed E-state index contributed by atoms with van der Waals surface area (Å²) in [5.74, 6) is -3.35. The van der Waals surface area contributed by atoms with Crippen LogP contribution >= 0.6 is 11.8 Å². The number of amides is 4. The van der Waals surface area contributed by atoms with Crippen molar-refractivity contribution in [3.63, 3.8) is 0 Å². The molecule has 3 atom stereocenters. The number of thioether (sulfide) groups is 1. The zero-order chi connectivity index (χ0) is 24.8. The van der Waals surface area contributed by atoms with Gasteiger partial charge in [-0.05, 0) is 30.4 Å². The number of nitrogens with two attached hydrogens (primary N) is 2. The Morgan fingerprint density at radius 1 is 0.939 bits per heavy atom. The first kappa shape index (κ1) is 27.9. The zero-order valence-electron chi connectivity index (χ0n) is 18.4. The lowest BCUT2D eigenvalue weighted by molar-refractivity contribution is -0.142. The first-order chi connectivity index (χ1) is 15.7. The first-order valence-electron chi connectivity index (χ1n) is 10.3. The molecule has 0 bridgehead atoms. The number of hydrogen-bond acceptors (Lipinski definition) is 7. The van der Waals surface area contributed by atoms with E-state index in [0.717, 1.165) is 5.56 Å². The largest absolute Gasteiger partial charge is 0.480 e. The van der Waals surface area contributed by atoms with Crippen LogP contribution in [0.5, 0.6) is 0 Å². The van der Waals surface area contributed by atoms with Gasteiger partial charge in [-0.15, -0.1) is 0 Å². The van der Waals surface area contributed by atoms with Crippen molar-refractivity contribution in [2.24, 2.45) is 11.5 Å². The number of primary amides is 1. The monoisotopic (exact) mass is 481 g/mol. The third kappa shape index (κ3) is 10.8. The molecule has 1 aromatic carbocycles. The van der Waals surface area contributed by atoms with Gasteiger partial charge in [-0.1, -0.05) is 30.3 Å². The lowest BCUT2D eigenvalue weighted by atomic mass is 10.0. The van der Waals surface area contributed by atoms with E-state index >= 15 is 0 Å². The average molecular weight is 482 g/mol. The maximum Gasteiger partial charge on any atom is 0.326 e. The predicted octanol–water partition coefficient (Wildman–Crippen LogP) is -1.25. The summed E-state index contributed by atoms with van der Waals surface area (Å²) in [5.41, 5.74) is 11.2. The van der Waals surface area contributed by atoms with Crippen LogP contribution in [-0.4, -0.2) is 71.4 Å². The van der Waals surface area contributed by atoms with Gasteiger partial charge in [-0.25, -0.2) is 4.79 Å². The Morgan fingerprint density at radius 2 is 1.55 bits per heavy atom. The third-order valence-electron chi connectivity index (χ3n) is 4.66. The van der Waals surface area contributed by atoms with Crippen LogP contribution in [0, 0.1) is 0 Å². The number of hydrogen-bond donors (Lipinski definition) is 6. The topological polar surface area (TPSA) is 194 Å². The molecule has 0 aliphatic heterocycles. The molecule has 0 fully saturated rings. The zero-order valence-corrected chi connectivity index (χ0v) is 19.2. The van der Waals surface area contributed by atoms with E-state index in [2.05, 4.69) is 16.0 Å². The van der Waals surface area contributed by atoms with Gasteiger partial charge < -0.3 is 32.5 Å². The van der Waals surface area contributed by atoms with Crippen LogP contribution in [0.1, 0.15) is 24.8 Å². The van der Waals surface area contributed by atoms with E-state index in [1.165, 1.54) is 11.8 Å². The second-order valence-corrected chi connectivity index (χ2v) is 8.25. The van der Waals surface area contributed by atoms with E-state index < -0.39 is 47.7 Å². The highest BCUT2D eigenvalue weighted by atomic mass is 32.2. The lowest BCUT2D eigenvalue weighted by Gasteiger charge is -2.24. The van der Waals surface area contributed by atoms with Crippen LogP contribution in [0.4, 0.5) is 0 Å². The van der Waals surface area contributed by atoms with Crippen LogP contribution in [0.25, 0.3) is 0 Å². The molecule has 0 saturated carbocycles. The van der Waals surface area contributed by atoms with Gasteiger partial charge in [-0.2, -0.15) is 11.8 Å². The second kappa shape index (κ2) is 14.9. The Labute approximate surface area is 196 Å². The highest BCUT2D eigenvalue weighted by Gasteiger charge is 2.29. The van der Waals surface area contributed by atoms with Crippen molar-refractivity contribution >= 4 is 41.4 Å². The van der Waals surface area contributed by atoms with Gasteiger partial charge in [0.2, 0.25) is 23.6 Å². The van der Waals surface area contributed by atoms with E-state index in [0.29, 0.717) is 5.75 Å². The molecule has 0 aliphatic rings. The summed E-state index contributed by atoms with van der Waals surface area (Å²) in [6.45, 7) is -0.310. The fraction of sp³-hybridized carbons (Fsp3) is 0.476. The van der Waals surface area contributed by atoms with E-state index in [1.807, 2.05) is 12.3 Å². The van der Waals surface area contributed by atoms with Crippen molar-refractivity contribution in [3.05, 3.63) is 35.9 Å². The van der Waals surface area contributed by atoms with Gasteiger partial charge in [-0.3, -0.25) is 19.2 Å². The molecule has 0 radical (unpaired) electrons. The average Bonchev–Trinajstić information content (AvgIpc) is 2.78. The van der Waals surface area contributed by atoms with Gasteiger partial charge in [0.05, 0.1) is 6.54 Å². The summed E-state index contributed by atoms with van der Waals surface area (Å²) < 4.78 is 0. The Bertz CT molecular complexity index is 823. The molecule has 8 N–H and O–H groups in total. The van der Waals surface area contributed by atoms with E-state index in [1.54, 1.807) is 24.3 Å². The number of carbonyl (C=O) groups excluding carboxylic acids is 4. The van der Waals surface area contributed by atoms with Crippen LogP contribution in [0.3, 0.4) is 0 Å². The highest BCUT2D eigenvalue weighted by molar-refractivity contribution is 7.98. The van der Waals surface area contributed by atoms with Crippen molar-refractivity contribution in [1.29, 1.82) is 0 Å². The van der Waals surface area contributed by atoms with Crippen molar-refractivity contribution < 1.29 is 29.1 Å². The second-order valence-electron chi connectivity index (χ2n) is 7.26. The third-order valence-corrected chi connectivity index (χ3v) is 5.30. The molecule has 4 amide bonds. The minimum absolute atomic E-state index is 0.172. The number of carbonyl (C=O) groups is 5. The van der Waals surface area contributed by atoms with Crippen molar-refractivity contribution in [3.8, 4) is 0 Å². The maximum atomic E-state index is 13.0. The molecule has 0 saturated heterocycles. The normalized spacial score (nSPS) is 13.3. The standard InChI is InChI=1S/C21H31N5O6S/c1-33-10-9-14(19(29)26-15(21(31)32)7-8-17(23)27)25-20(30)16(24-18(28)12-22)11-13-5-3-2-4-6-13/h2-6,14-16H,7-12,22H2,1H3,(H2,23,27)(H,24,28)(H,25,30)(H,26,29)(H,31,32). The molecular formula is C21H31N5O6S. The smallest absolute Gasteiger partial charge is 0.326 e. The quantitative estimate of drug-likeness (QED) is 0.179. The molecule has 33 heavy (non-hydrogen) atoms. The molecule has 1 aromatic rings. The van der Waals surface area contributed by atoms with Gasteiger partial charge >= 0.3 is 5.97 Å². The Hall–Kier alpha value is -3.12. The van der Waals surface area contributed by atoms with Crippen LogP contribution in [0.2, 0.25) is 0 Å². The summed E-state index contributed by atoms with van der Waals surface area (Å²) in [6.07, 6.45) is 1.82. The fourth-order valence-corrected chi connectivity index (χ4v) is 3.38. The van der Waals surface area contributed by atoms with Gasteiger partial charge in [0.15, 0.2) is 0 Å². The molecule has 1 rings (SSSR count). The van der Waals surface area contributed by atoms with E-state index in [9.17, 15) is 29.1 Å². The van der Waals surface area contributed by atoms with Crippen molar-refractivity contribution in [2.45, 2.75) is 43.8 Å². The number of carboxylic acid groups (broad SMARTS) is 1. The molecule has 11 nitrogen and oxygen atoms in total. The summed E-state index contributed by atoms with van der Waals surface area (Å²) in [5, 5.41) is 16.8. The molecule has 0 spiro atoms. The number of aliphatic carboxylic acids is 1. The van der Waals surface area contributed by atoms with Crippen molar-refractivity contribution in [1.82, 2.24) is 16.0 Å². The molecule has 3 unspecified atom stereocenters. The molecule has 182 valence electrons. The van der Waals surface area contributed by atoms with E-state index in [-0.39, 0.29) is 32.2 Å². The summed E-state index contributed by atoms with van der Waals surface area (Å²) in [7, 11) is 0. The highest BCUT2D eigenvalue weighted by Crippen LogP contribution is 2.07.